The largest absolute Gasteiger partial charge is 0.353 e. The summed E-state index contributed by atoms with van der Waals surface area (Å²) in [4.78, 5) is 15.1. The average molecular weight is 377 g/mol. The van der Waals surface area contributed by atoms with Gasteiger partial charge in [0.15, 0.2) is 0 Å². The van der Waals surface area contributed by atoms with E-state index in [2.05, 4.69) is 27.8 Å². The lowest BCUT2D eigenvalue weighted by atomic mass is 9.96. The first-order valence-corrected chi connectivity index (χ1v) is 9.30. The lowest BCUT2D eigenvalue weighted by Crippen LogP contribution is -2.31. The third-order valence-electron chi connectivity index (χ3n) is 4.25. The summed E-state index contributed by atoms with van der Waals surface area (Å²) < 4.78 is 0. The summed E-state index contributed by atoms with van der Waals surface area (Å²) in [6.07, 6.45) is 3.62. The minimum atomic E-state index is -0.383. The second-order valence-electron chi connectivity index (χ2n) is 6.35. The van der Waals surface area contributed by atoms with Gasteiger partial charge in [0.25, 0.3) is 5.69 Å². The fourth-order valence-corrected chi connectivity index (χ4v) is 2.93. The molecular weight excluding hydrogens is 354 g/mol. The predicted molar refractivity (Wildman–Crippen MR) is 113 cm³/mol. The van der Waals surface area contributed by atoms with E-state index in [4.69, 9.17) is 0 Å². The molecule has 7 nitrogen and oxygen atoms in total. The number of hydrogen-bond acceptors (Lipinski definition) is 6. The van der Waals surface area contributed by atoms with Crippen molar-refractivity contribution in [3.63, 3.8) is 0 Å². The minimum absolute atomic E-state index is 0.0674. The summed E-state index contributed by atoms with van der Waals surface area (Å²) in [7, 11) is 0. The number of hydrogen-bond donors (Lipinski definition) is 2. The lowest BCUT2D eigenvalue weighted by molar-refractivity contribution is -0.384. The van der Waals surface area contributed by atoms with Gasteiger partial charge in [-0.1, -0.05) is 55.8 Å². The molecule has 0 fully saturated rings. The number of allylic oxidation sites excluding steroid dienone is 1. The smallest absolute Gasteiger partial charge is 0.270 e. The molecule has 0 aliphatic carbocycles. The molecule has 0 spiro atoms. The number of aliphatic imine (C=N–C) groups is 1. The number of rotatable bonds is 7. The van der Waals surface area contributed by atoms with Gasteiger partial charge >= 0.3 is 0 Å². The normalized spacial score (nSPS) is 14.4. The van der Waals surface area contributed by atoms with Crippen LogP contribution >= 0.6 is 0 Å². The molecule has 0 unspecified atom stereocenters. The second kappa shape index (κ2) is 9.45. The zero-order valence-electron chi connectivity index (χ0n) is 15.8. The van der Waals surface area contributed by atoms with E-state index < -0.39 is 0 Å². The van der Waals surface area contributed by atoms with Crippen molar-refractivity contribution in [2.75, 3.05) is 13.1 Å². The number of non-ortho nitro benzene ring substituents is 1. The number of nitro benzene ring substituents is 1. The predicted octanol–water partition coefficient (Wildman–Crippen LogP) is 3.84. The van der Waals surface area contributed by atoms with Crippen molar-refractivity contribution in [3.05, 3.63) is 75.8 Å². The third kappa shape index (κ3) is 5.03. The van der Waals surface area contributed by atoms with Crippen molar-refractivity contribution in [2.24, 2.45) is 10.1 Å². The Kier molecular flexibility index (Phi) is 6.51. The van der Waals surface area contributed by atoms with Crippen LogP contribution in [0.5, 0.6) is 0 Å². The van der Waals surface area contributed by atoms with Crippen molar-refractivity contribution in [2.45, 2.75) is 19.8 Å². The van der Waals surface area contributed by atoms with Gasteiger partial charge in [-0.3, -0.25) is 10.1 Å². The molecule has 2 N–H and O–H groups in total. The van der Waals surface area contributed by atoms with Crippen molar-refractivity contribution in [3.8, 4) is 0 Å². The monoisotopic (exact) mass is 377 g/mol. The van der Waals surface area contributed by atoms with Gasteiger partial charge in [-0.2, -0.15) is 5.10 Å². The summed E-state index contributed by atoms with van der Waals surface area (Å²) in [5.74, 6) is 0.663. The van der Waals surface area contributed by atoms with Gasteiger partial charge in [0.2, 0.25) is 5.96 Å². The van der Waals surface area contributed by atoms with Gasteiger partial charge in [-0.15, -0.1) is 0 Å². The first kappa shape index (κ1) is 19.3. The molecule has 2 aromatic carbocycles. The zero-order valence-corrected chi connectivity index (χ0v) is 15.8. The molecule has 0 bridgehead atoms. The minimum Gasteiger partial charge on any atom is -0.353 e. The molecule has 0 radical (unpaired) electrons. The third-order valence-corrected chi connectivity index (χ3v) is 4.25. The standard InChI is InChI=1S/C21H23N5O2/c1-2-7-20(24-25-21-22-12-13-23-21)19(17-9-4-3-5-10-17)15-16-8-6-11-18(14-16)26(27)28/h3-6,8-11,14-15H,2,7,12-13H2,1H3,(H2,22,23,25)/b19-15-,24-20+. The fourth-order valence-electron chi connectivity index (χ4n) is 2.93. The van der Waals surface area contributed by atoms with Crippen LogP contribution in [0.1, 0.15) is 30.9 Å². The molecule has 0 saturated carbocycles. The van der Waals surface area contributed by atoms with Crippen LogP contribution in [0.4, 0.5) is 5.69 Å². The maximum absolute atomic E-state index is 11.1. The highest BCUT2D eigenvalue weighted by molar-refractivity contribution is 6.28. The molecule has 0 atom stereocenters. The summed E-state index contributed by atoms with van der Waals surface area (Å²) in [6, 6.07) is 16.5. The van der Waals surface area contributed by atoms with Crippen LogP contribution in [0.2, 0.25) is 0 Å². The highest BCUT2D eigenvalue weighted by Gasteiger charge is 2.13. The van der Waals surface area contributed by atoms with E-state index in [1.165, 1.54) is 6.07 Å². The topological polar surface area (TPSA) is 91.9 Å². The van der Waals surface area contributed by atoms with Gasteiger partial charge in [0.1, 0.15) is 0 Å². The molecule has 1 aliphatic rings. The van der Waals surface area contributed by atoms with E-state index in [1.807, 2.05) is 42.5 Å². The van der Waals surface area contributed by atoms with Gasteiger partial charge < -0.3 is 5.32 Å². The highest BCUT2D eigenvalue weighted by atomic mass is 16.6. The van der Waals surface area contributed by atoms with Crippen molar-refractivity contribution in [1.82, 2.24) is 10.7 Å². The van der Waals surface area contributed by atoms with E-state index >= 15 is 0 Å². The zero-order chi connectivity index (χ0) is 19.8. The number of nitrogens with zero attached hydrogens (tertiary/aromatic N) is 3. The Morgan fingerprint density at radius 1 is 1.29 bits per heavy atom. The summed E-state index contributed by atoms with van der Waals surface area (Å²) in [5, 5.41) is 18.9. The van der Waals surface area contributed by atoms with E-state index in [0.717, 1.165) is 48.3 Å². The maximum atomic E-state index is 11.1. The molecule has 2 aromatic rings. The van der Waals surface area contributed by atoms with Crippen LogP contribution in [-0.2, 0) is 0 Å². The Morgan fingerprint density at radius 2 is 2.11 bits per heavy atom. The van der Waals surface area contributed by atoms with Gasteiger partial charge in [-0.25, -0.2) is 10.4 Å². The maximum Gasteiger partial charge on any atom is 0.270 e. The van der Waals surface area contributed by atoms with Crippen molar-refractivity contribution >= 4 is 29.0 Å². The SMILES string of the molecule is CCCC(=N\NC1=NCCN1)/C(=C\c1cccc([N+](=O)[O-])c1)c1ccccc1. The molecule has 0 amide bonds. The van der Waals surface area contributed by atoms with Gasteiger partial charge in [-0.05, 0) is 23.6 Å². The summed E-state index contributed by atoms with van der Waals surface area (Å²) >= 11 is 0. The van der Waals surface area contributed by atoms with Crippen LogP contribution in [0.15, 0.2) is 64.7 Å². The number of nitro groups is 1. The Balaban J connectivity index is 2.03. The van der Waals surface area contributed by atoms with Crippen molar-refractivity contribution in [1.29, 1.82) is 0 Å². The number of guanidine groups is 1. The van der Waals surface area contributed by atoms with Crippen LogP contribution in [0.3, 0.4) is 0 Å². The first-order chi connectivity index (χ1) is 13.7. The van der Waals surface area contributed by atoms with Crippen LogP contribution in [-0.4, -0.2) is 29.7 Å². The summed E-state index contributed by atoms with van der Waals surface area (Å²) in [5.41, 5.74) is 6.64. The highest BCUT2D eigenvalue weighted by Crippen LogP contribution is 2.24. The van der Waals surface area contributed by atoms with Gasteiger partial charge in [0.05, 0.1) is 17.2 Å². The molecule has 1 aliphatic heterocycles. The molecule has 3 rings (SSSR count). The Bertz CT molecular complexity index is 919. The van der Waals surface area contributed by atoms with E-state index in [1.54, 1.807) is 12.1 Å². The molecule has 28 heavy (non-hydrogen) atoms. The summed E-state index contributed by atoms with van der Waals surface area (Å²) in [6.45, 7) is 3.63. The first-order valence-electron chi connectivity index (χ1n) is 9.30. The molecule has 1 heterocycles. The number of nitrogens with one attached hydrogen (secondary N) is 2. The lowest BCUT2D eigenvalue weighted by Gasteiger charge is -2.12. The molecular formula is C21H23N5O2. The van der Waals surface area contributed by atoms with Crippen molar-refractivity contribution < 1.29 is 4.92 Å². The van der Waals surface area contributed by atoms with Crippen LogP contribution < -0.4 is 10.7 Å². The Labute approximate surface area is 164 Å². The average Bonchev–Trinajstić information content (AvgIpc) is 3.24. The van der Waals surface area contributed by atoms with Crippen LogP contribution in [0, 0.1) is 10.1 Å². The van der Waals surface area contributed by atoms with Gasteiger partial charge in [0, 0.05) is 24.3 Å². The Hall–Kier alpha value is -3.48. The molecule has 144 valence electrons. The molecule has 7 heteroatoms. The van der Waals surface area contributed by atoms with Crippen LogP contribution in [0.25, 0.3) is 11.6 Å². The molecule has 0 saturated heterocycles. The second-order valence-corrected chi connectivity index (χ2v) is 6.35. The van der Waals surface area contributed by atoms with E-state index in [-0.39, 0.29) is 10.6 Å². The molecule has 0 aromatic heterocycles. The quantitative estimate of drug-likeness (QED) is 0.332. The fraction of sp³-hybridized carbons (Fsp3) is 0.238. The number of benzene rings is 2. The number of hydrazone groups is 1. The Morgan fingerprint density at radius 3 is 2.79 bits per heavy atom. The van der Waals surface area contributed by atoms with E-state index in [0.29, 0.717) is 5.96 Å². The van der Waals surface area contributed by atoms with E-state index in [9.17, 15) is 10.1 Å².